The fourth-order valence-corrected chi connectivity index (χ4v) is 3.17. The van der Waals surface area contributed by atoms with Crippen LogP contribution in [0.1, 0.15) is 27.0 Å². The van der Waals surface area contributed by atoms with Crippen LogP contribution < -0.4 is 0 Å². The molecule has 0 atom stereocenters. The first-order chi connectivity index (χ1) is 11.9. The molecule has 2 amide bonds. The molecule has 0 saturated carbocycles. The summed E-state index contributed by atoms with van der Waals surface area (Å²) in [6, 6.07) is 7.79. The molecule has 1 aliphatic heterocycles. The van der Waals surface area contributed by atoms with Crippen LogP contribution in [0.3, 0.4) is 0 Å². The molecule has 5 heteroatoms. The maximum absolute atomic E-state index is 12.7. The van der Waals surface area contributed by atoms with E-state index in [0.717, 1.165) is 16.7 Å². The van der Waals surface area contributed by atoms with E-state index in [1.54, 1.807) is 0 Å². The fourth-order valence-electron chi connectivity index (χ4n) is 3.17. The number of aromatic nitrogens is 1. The zero-order chi connectivity index (χ0) is 18.0. The van der Waals surface area contributed by atoms with Gasteiger partial charge in [0.2, 0.25) is 5.91 Å². The summed E-state index contributed by atoms with van der Waals surface area (Å²) in [6.45, 7) is 6.44. The molecule has 1 aromatic carbocycles. The van der Waals surface area contributed by atoms with Crippen molar-refractivity contribution in [2.45, 2.75) is 20.3 Å². The number of nitrogens with zero attached hydrogens (tertiary/aromatic N) is 3. The van der Waals surface area contributed by atoms with Gasteiger partial charge >= 0.3 is 0 Å². The highest BCUT2D eigenvalue weighted by molar-refractivity contribution is 5.94. The Labute approximate surface area is 148 Å². The largest absolute Gasteiger partial charge is 0.357 e. The number of piperazine rings is 1. The summed E-state index contributed by atoms with van der Waals surface area (Å²) in [5.41, 5.74) is 4.07. The minimum Gasteiger partial charge on any atom is -0.357 e. The lowest BCUT2D eigenvalue weighted by Gasteiger charge is -2.35. The molecule has 1 saturated heterocycles. The maximum Gasteiger partial charge on any atom is 0.253 e. The van der Waals surface area contributed by atoms with Gasteiger partial charge in [0.15, 0.2) is 0 Å². The number of benzene rings is 1. The molecular formula is C20H25N3O2. The monoisotopic (exact) mass is 339 g/mol. The van der Waals surface area contributed by atoms with Gasteiger partial charge in [-0.25, -0.2) is 0 Å². The van der Waals surface area contributed by atoms with E-state index in [9.17, 15) is 9.59 Å². The molecule has 0 radical (unpaired) electrons. The molecule has 1 fully saturated rings. The van der Waals surface area contributed by atoms with E-state index >= 15 is 0 Å². The number of hydrogen-bond acceptors (Lipinski definition) is 2. The number of carbonyl (C=O) groups is 2. The van der Waals surface area contributed by atoms with Gasteiger partial charge in [0.05, 0.1) is 6.42 Å². The van der Waals surface area contributed by atoms with Crippen LogP contribution in [0.15, 0.2) is 36.7 Å². The Kier molecular flexibility index (Phi) is 4.93. The Bertz CT molecular complexity index is 786. The lowest BCUT2D eigenvalue weighted by atomic mass is 10.1. The van der Waals surface area contributed by atoms with Crippen LogP contribution in [0.4, 0.5) is 0 Å². The summed E-state index contributed by atoms with van der Waals surface area (Å²) in [7, 11) is 1.95. The Morgan fingerprint density at radius 2 is 1.64 bits per heavy atom. The number of amides is 2. The van der Waals surface area contributed by atoms with Crippen LogP contribution >= 0.6 is 0 Å². The van der Waals surface area contributed by atoms with Gasteiger partial charge in [-0.2, -0.15) is 0 Å². The maximum atomic E-state index is 12.7. The third-order valence-electron chi connectivity index (χ3n) is 4.92. The third kappa shape index (κ3) is 3.92. The summed E-state index contributed by atoms with van der Waals surface area (Å²) in [4.78, 5) is 28.8. The molecule has 0 bridgehead atoms. The van der Waals surface area contributed by atoms with E-state index in [-0.39, 0.29) is 11.8 Å². The molecule has 0 spiro atoms. The SMILES string of the molecule is Cc1ccc(C(=O)N2CCN(C(=O)Cc3ccn(C)c3)CC2)cc1C. The van der Waals surface area contributed by atoms with Gasteiger partial charge < -0.3 is 14.4 Å². The molecule has 0 N–H and O–H groups in total. The molecule has 0 unspecified atom stereocenters. The summed E-state index contributed by atoms with van der Waals surface area (Å²) in [5.74, 6) is 0.183. The van der Waals surface area contributed by atoms with E-state index in [1.165, 1.54) is 5.56 Å². The van der Waals surface area contributed by atoms with Crippen molar-refractivity contribution in [1.29, 1.82) is 0 Å². The van der Waals surface area contributed by atoms with Gasteiger partial charge in [0, 0.05) is 51.2 Å². The molecule has 2 aromatic rings. The van der Waals surface area contributed by atoms with E-state index in [0.29, 0.717) is 32.6 Å². The summed E-state index contributed by atoms with van der Waals surface area (Å²) < 4.78 is 1.95. The first-order valence-electron chi connectivity index (χ1n) is 8.69. The van der Waals surface area contributed by atoms with Crippen molar-refractivity contribution >= 4 is 11.8 Å². The van der Waals surface area contributed by atoms with E-state index in [1.807, 2.05) is 71.9 Å². The van der Waals surface area contributed by atoms with Gasteiger partial charge in [-0.1, -0.05) is 6.07 Å². The molecule has 25 heavy (non-hydrogen) atoms. The van der Waals surface area contributed by atoms with Crippen molar-refractivity contribution in [2.24, 2.45) is 7.05 Å². The lowest BCUT2D eigenvalue weighted by Crippen LogP contribution is -2.51. The second-order valence-corrected chi connectivity index (χ2v) is 6.83. The van der Waals surface area contributed by atoms with Crippen LogP contribution in [0.2, 0.25) is 0 Å². The quantitative estimate of drug-likeness (QED) is 0.860. The Hall–Kier alpha value is -2.56. The standard InChI is InChI=1S/C20H25N3O2/c1-15-4-5-18(12-16(15)2)20(25)23-10-8-22(9-11-23)19(24)13-17-6-7-21(3)14-17/h4-7,12,14H,8-11,13H2,1-3H3. The van der Waals surface area contributed by atoms with Gasteiger partial charge in [-0.15, -0.1) is 0 Å². The van der Waals surface area contributed by atoms with Crippen molar-refractivity contribution in [2.75, 3.05) is 26.2 Å². The van der Waals surface area contributed by atoms with Crippen molar-refractivity contribution in [3.63, 3.8) is 0 Å². The lowest BCUT2D eigenvalue weighted by molar-refractivity contribution is -0.131. The average molecular weight is 339 g/mol. The van der Waals surface area contributed by atoms with Gasteiger partial charge in [-0.3, -0.25) is 9.59 Å². The zero-order valence-electron chi connectivity index (χ0n) is 15.2. The molecular weight excluding hydrogens is 314 g/mol. The fraction of sp³-hybridized carbons (Fsp3) is 0.400. The van der Waals surface area contributed by atoms with E-state index in [4.69, 9.17) is 0 Å². The van der Waals surface area contributed by atoms with Crippen molar-refractivity contribution in [1.82, 2.24) is 14.4 Å². The van der Waals surface area contributed by atoms with Crippen LogP contribution in [0.25, 0.3) is 0 Å². The highest BCUT2D eigenvalue weighted by Gasteiger charge is 2.25. The molecule has 2 heterocycles. The first-order valence-corrected chi connectivity index (χ1v) is 8.69. The predicted molar refractivity (Wildman–Crippen MR) is 97.5 cm³/mol. The average Bonchev–Trinajstić information content (AvgIpc) is 3.01. The van der Waals surface area contributed by atoms with Gasteiger partial charge in [0.1, 0.15) is 0 Å². The molecule has 132 valence electrons. The second-order valence-electron chi connectivity index (χ2n) is 6.83. The molecule has 3 rings (SSSR count). The van der Waals surface area contributed by atoms with E-state index < -0.39 is 0 Å². The van der Waals surface area contributed by atoms with Gasteiger partial charge in [0.25, 0.3) is 5.91 Å². The van der Waals surface area contributed by atoms with Gasteiger partial charge in [-0.05, 0) is 48.7 Å². The molecule has 0 aliphatic carbocycles. The van der Waals surface area contributed by atoms with E-state index in [2.05, 4.69) is 0 Å². The summed E-state index contributed by atoms with van der Waals surface area (Å²) in [6.07, 6.45) is 4.34. The number of carbonyl (C=O) groups excluding carboxylic acids is 2. The number of rotatable bonds is 3. The van der Waals surface area contributed by atoms with Crippen LogP contribution in [0.5, 0.6) is 0 Å². The Morgan fingerprint density at radius 3 is 2.24 bits per heavy atom. The summed E-state index contributed by atoms with van der Waals surface area (Å²) >= 11 is 0. The summed E-state index contributed by atoms with van der Waals surface area (Å²) in [5, 5.41) is 0. The molecule has 1 aromatic heterocycles. The number of aryl methyl sites for hydroxylation is 3. The highest BCUT2D eigenvalue weighted by atomic mass is 16.2. The third-order valence-corrected chi connectivity index (χ3v) is 4.92. The Morgan fingerprint density at radius 1 is 0.960 bits per heavy atom. The first kappa shape index (κ1) is 17.3. The molecule has 1 aliphatic rings. The molecule has 5 nitrogen and oxygen atoms in total. The van der Waals surface area contributed by atoms with Crippen LogP contribution in [-0.2, 0) is 18.3 Å². The zero-order valence-corrected chi connectivity index (χ0v) is 15.2. The van der Waals surface area contributed by atoms with Crippen LogP contribution in [0, 0.1) is 13.8 Å². The smallest absolute Gasteiger partial charge is 0.253 e. The van der Waals surface area contributed by atoms with Crippen molar-refractivity contribution < 1.29 is 9.59 Å². The predicted octanol–water partition coefficient (Wildman–Crippen LogP) is 2.17. The van der Waals surface area contributed by atoms with Crippen LogP contribution in [-0.4, -0.2) is 52.4 Å². The normalized spacial score (nSPS) is 14.7. The number of hydrogen-bond donors (Lipinski definition) is 0. The van der Waals surface area contributed by atoms with Crippen molar-refractivity contribution in [3.8, 4) is 0 Å². The topological polar surface area (TPSA) is 45.6 Å². The minimum atomic E-state index is 0.0539. The minimum absolute atomic E-state index is 0.0539. The highest BCUT2D eigenvalue weighted by Crippen LogP contribution is 2.14. The Balaban J connectivity index is 1.56. The second kappa shape index (κ2) is 7.13. The van der Waals surface area contributed by atoms with Crippen molar-refractivity contribution in [3.05, 3.63) is 58.9 Å².